The molecule has 0 spiro atoms. The summed E-state index contributed by atoms with van der Waals surface area (Å²) in [5, 5.41) is 11.3. The molecule has 0 unspecified atom stereocenters. The van der Waals surface area contributed by atoms with Gasteiger partial charge in [-0.2, -0.15) is 4.98 Å². The highest BCUT2D eigenvalue weighted by atomic mass is 35.5. The van der Waals surface area contributed by atoms with Crippen LogP contribution in [-0.4, -0.2) is 48.4 Å². The van der Waals surface area contributed by atoms with Gasteiger partial charge in [0.25, 0.3) is 0 Å². The first-order valence-electron chi connectivity index (χ1n) is 12.7. The lowest BCUT2D eigenvalue weighted by molar-refractivity contribution is -0.0160. The first-order chi connectivity index (χ1) is 15.9. The van der Waals surface area contributed by atoms with Gasteiger partial charge in [0.05, 0.1) is 24.2 Å². The minimum absolute atomic E-state index is 0.00582. The Morgan fingerprint density at radius 1 is 1.14 bits per heavy atom. The predicted octanol–water partition coefficient (Wildman–Crippen LogP) is 7.08. The zero-order valence-electron chi connectivity index (χ0n) is 23.4. The lowest BCUT2D eigenvalue weighted by atomic mass is 10.1. The van der Waals surface area contributed by atoms with E-state index in [2.05, 4.69) is 84.6 Å². The van der Waals surface area contributed by atoms with E-state index in [-0.39, 0.29) is 35.1 Å². The summed E-state index contributed by atoms with van der Waals surface area (Å²) >= 11 is 6.67. The second-order valence-electron chi connectivity index (χ2n) is 12.9. The number of rotatable bonds is 7. The van der Waals surface area contributed by atoms with Gasteiger partial charge >= 0.3 is 0 Å². The van der Waals surface area contributed by atoms with Crippen LogP contribution in [-0.2, 0) is 15.8 Å². The summed E-state index contributed by atoms with van der Waals surface area (Å²) < 4.78 is 15.3. The van der Waals surface area contributed by atoms with Gasteiger partial charge in [0, 0.05) is 18.2 Å². The molecule has 0 aromatic carbocycles. The fourth-order valence-electron chi connectivity index (χ4n) is 3.95. The summed E-state index contributed by atoms with van der Waals surface area (Å²) in [6, 6.07) is 0. The molecule has 0 saturated carbocycles. The molecule has 1 fully saturated rings. The largest absolute Gasteiger partial charge is 0.411 e. The van der Waals surface area contributed by atoms with E-state index in [0.29, 0.717) is 27.7 Å². The van der Waals surface area contributed by atoms with E-state index in [1.165, 1.54) is 0 Å². The molecule has 0 bridgehead atoms. The summed E-state index contributed by atoms with van der Waals surface area (Å²) in [6.45, 7) is 24.6. The van der Waals surface area contributed by atoms with Crippen LogP contribution in [0.25, 0.3) is 11.0 Å². The third-order valence-corrected chi connectivity index (χ3v) is 17.7. The van der Waals surface area contributed by atoms with Crippen molar-refractivity contribution >= 4 is 45.1 Å². The van der Waals surface area contributed by atoms with Gasteiger partial charge in [0.1, 0.15) is 17.0 Å². The van der Waals surface area contributed by atoms with Crippen molar-refractivity contribution < 1.29 is 14.3 Å². The minimum Gasteiger partial charge on any atom is -0.411 e. The van der Waals surface area contributed by atoms with Crippen molar-refractivity contribution in [2.45, 2.75) is 123 Å². The monoisotopic (exact) mass is 540 g/mol. The second-order valence-corrected chi connectivity index (χ2v) is 23.1. The van der Waals surface area contributed by atoms with Gasteiger partial charge in [-0.3, -0.25) is 0 Å². The van der Waals surface area contributed by atoms with Gasteiger partial charge in [-0.1, -0.05) is 73.2 Å². The Morgan fingerprint density at radius 2 is 1.77 bits per heavy atom. The SMILES string of the molecule is CC[C@H]1O[C@@H](n2cc(CO)c3c(Cl)nc(N[Si](C)(C)C(C)(C)C)nc32)C[C@H]1O[Si](C)(C)C(C)(C)C. The number of fused-ring (bicyclic) bond motifs is 1. The standard InChI is InChI=1S/C25H45ClN4O3Si2/c1-12-17-18(33-35(10,11)25(5,6)7)13-19(32-17)30-14-16(15-31)20-21(26)27-23(28-22(20)30)29-34(8,9)24(2,3)4/h14,17-19,31H,12-13,15H2,1-11H3,(H,27,28,29)/t17-,18-,19-/m1/s1. The molecule has 3 heterocycles. The van der Waals surface area contributed by atoms with Crippen LogP contribution in [0.1, 0.15) is 73.1 Å². The summed E-state index contributed by atoms with van der Waals surface area (Å²) in [5.74, 6) is 0.525. The highest BCUT2D eigenvalue weighted by Crippen LogP contribution is 2.43. The fourth-order valence-corrected chi connectivity index (χ4v) is 6.64. The molecule has 198 valence electrons. The lowest BCUT2D eigenvalue weighted by Crippen LogP contribution is -2.46. The Hall–Kier alpha value is -0.976. The predicted molar refractivity (Wildman–Crippen MR) is 150 cm³/mol. The van der Waals surface area contributed by atoms with Crippen LogP contribution in [0.15, 0.2) is 6.20 Å². The third kappa shape index (κ3) is 5.65. The number of nitrogens with zero attached hydrogens (tertiary/aromatic N) is 3. The molecule has 3 atom stereocenters. The van der Waals surface area contributed by atoms with Gasteiger partial charge in [-0.25, -0.2) is 4.98 Å². The molecule has 0 aliphatic carbocycles. The second kappa shape index (κ2) is 9.72. The average molecular weight is 541 g/mol. The number of ether oxygens (including phenoxy) is 1. The van der Waals surface area contributed by atoms with E-state index in [1.54, 1.807) is 0 Å². The van der Waals surface area contributed by atoms with Gasteiger partial charge in [-0.05, 0) is 29.6 Å². The Morgan fingerprint density at radius 3 is 2.29 bits per heavy atom. The number of hydrogen-bond acceptors (Lipinski definition) is 6. The van der Waals surface area contributed by atoms with Crippen LogP contribution in [0.2, 0.25) is 41.4 Å². The fraction of sp³-hybridized carbons (Fsp3) is 0.760. The molecule has 1 aliphatic heterocycles. The van der Waals surface area contributed by atoms with Crippen LogP contribution in [0.3, 0.4) is 0 Å². The van der Waals surface area contributed by atoms with E-state index in [4.69, 9.17) is 25.7 Å². The van der Waals surface area contributed by atoms with Crippen molar-refractivity contribution in [2.75, 3.05) is 4.98 Å². The lowest BCUT2D eigenvalue weighted by Gasteiger charge is -2.39. The van der Waals surface area contributed by atoms with Crippen LogP contribution in [0, 0.1) is 0 Å². The first-order valence-corrected chi connectivity index (χ1v) is 19.0. The maximum atomic E-state index is 10.1. The van der Waals surface area contributed by atoms with Gasteiger partial charge < -0.3 is 23.8 Å². The molecule has 7 nitrogen and oxygen atoms in total. The topological polar surface area (TPSA) is 81.4 Å². The Kier molecular flexibility index (Phi) is 7.94. The van der Waals surface area contributed by atoms with Crippen molar-refractivity contribution in [2.24, 2.45) is 0 Å². The quantitative estimate of drug-likeness (QED) is 0.288. The number of aromatic nitrogens is 3. The maximum absolute atomic E-state index is 10.1. The van der Waals surface area contributed by atoms with Crippen LogP contribution in [0.5, 0.6) is 0 Å². The molecule has 2 N–H and O–H groups in total. The van der Waals surface area contributed by atoms with Gasteiger partial charge in [0.15, 0.2) is 16.6 Å². The molecule has 3 rings (SSSR count). The highest BCUT2D eigenvalue weighted by molar-refractivity contribution is 6.82. The smallest absolute Gasteiger partial charge is 0.218 e. The van der Waals surface area contributed by atoms with Crippen molar-refractivity contribution in [1.82, 2.24) is 14.5 Å². The van der Waals surface area contributed by atoms with E-state index >= 15 is 0 Å². The van der Waals surface area contributed by atoms with Crippen molar-refractivity contribution in [1.29, 1.82) is 0 Å². The normalized spacial score (nSPS) is 22.3. The molecular weight excluding hydrogens is 496 g/mol. The highest BCUT2D eigenvalue weighted by Gasteiger charge is 2.45. The van der Waals surface area contributed by atoms with E-state index in [1.807, 2.05) is 10.8 Å². The third-order valence-electron chi connectivity index (χ3n) is 8.32. The van der Waals surface area contributed by atoms with E-state index in [9.17, 15) is 5.11 Å². The van der Waals surface area contributed by atoms with Crippen LogP contribution >= 0.6 is 11.6 Å². The number of aliphatic hydroxyl groups is 1. The van der Waals surface area contributed by atoms with Crippen molar-refractivity contribution in [3.63, 3.8) is 0 Å². The Bertz CT molecular complexity index is 1060. The zero-order valence-corrected chi connectivity index (χ0v) is 26.2. The molecule has 0 radical (unpaired) electrons. The number of hydrogen-bond donors (Lipinski definition) is 2. The van der Waals surface area contributed by atoms with E-state index < -0.39 is 16.6 Å². The van der Waals surface area contributed by atoms with Crippen molar-refractivity contribution in [3.8, 4) is 0 Å². The Labute approximate surface area is 218 Å². The summed E-state index contributed by atoms with van der Waals surface area (Å²) in [6.07, 6.45) is 3.29. The van der Waals surface area contributed by atoms with Gasteiger partial charge in [-0.15, -0.1) is 0 Å². The number of aliphatic hydroxyl groups excluding tert-OH is 1. The molecule has 10 heteroatoms. The van der Waals surface area contributed by atoms with Crippen LogP contribution < -0.4 is 4.98 Å². The molecule has 35 heavy (non-hydrogen) atoms. The summed E-state index contributed by atoms with van der Waals surface area (Å²) in [5.41, 5.74) is 1.39. The number of halogens is 1. The van der Waals surface area contributed by atoms with Gasteiger partial charge in [0.2, 0.25) is 5.95 Å². The average Bonchev–Trinajstić information content (AvgIpc) is 3.26. The molecule has 1 aliphatic rings. The van der Waals surface area contributed by atoms with Crippen LogP contribution in [0.4, 0.5) is 5.95 Å². The first kappa shape index (κ1) is 28.6. The van der Waals surface area contributed by atoms with E-state index in [0.717, 1.165) is 12.8 Å². The summed E-state index contributed by atoms with van der Waals surface area (Å²) in [7, 11) is -3.88. The maximum Gasteiger partial charge on any atom is 0.218 e. The molecular formula is C25H45ClN4O3Si2. The zero-order chi connectivity index (χ0) is 26.6. The molecule has 2 aromatic heterocycles. The minimum atomic E-state index is -1.96. The molecule has 1 saturated heterocycles. The summed E-state index contributed by atoms with van der Waals surface area (Å²) in [4.78, 5) is 13.1. The number of nitrogens with one attached hydrogen (secondary N) is 1. The number of anilines is 1. The Balaban J connectivity index is 2.01. The van der Waals surface area contributed by atoms with Crippen molar-refractivity contribution in [3.05, 3.63) is 16.9 Å². The molecule has 0 amide bonds. The molecule has 2 aromatic rings.